The lowest BCUT2D eigenvalue weighted by atomic mass is 10.1. The normalized spacial score (nSPS) is 10.2. The lowest BCUT2D eigenvalue weighted by Gasteiger charge is -2.08. The van der Waals surface area contributed by atoms with E-state index in [1.165, 1.54) is 7.11 Å². The molecule has 4 nitrogen and oxygen atoms in total. The quantitative estimate of drug-likeness (QED) is 0.743. The smallest absolute Gasteiger partial charge is 0.220 e. The molecule has 0 heterocycles. The summed E-state index contributed by atoms with van der Waals surface area (Å²) in [4.78, 5) is 24.1. The van der Waals surface area contributed by atoms with Gasteiger partial charge in [0.05, 0.1) is 12.7 Å². The second-order valence-corrected chi connectivity index (χ2v) is 5.79. The van der Waals surface area contributed by atoms with Crippen LogP contribution in [-0.2, 0) is 11.2 Å². The number of halogens is 1. The number of ketones is 1. The van der Waals surface area contributed by atoms with Crippen molar-refractivity contribution in [1.82, 2.24) is 5.32 Å². The molecule has 2 aromatic rings. The molecule has 0 aromatic heterocycles. The van der Waals surface area contributed by atoms with E-state index in [0.29, 0.717) is 22.9 Å². The summed E-state index contributed by atoms with van der Waals surface area (Å²) in [5.41, 5.74) is 1.57. The number of amides is 1. The van der Waals surface area contributed by atoms with Crippen LogP contribution in [-0.4, -0.2) is 25.3 Å². The highest BCUT2D eigenvalue weighted by atomic mass is 35.5. The summed E-state index contributed by atoms with van der Waals surface area (Å²) < 4.78 is 5.16. The Balaban J connectivity index is 1.79. The molecule has 0 saturated heterocycles. The molecule has 0 atom stereocenters. The number of ether oxygens (including phenoxy) is 1. The maximum atomic E-state index is 12.3. The van der Waals surface area contributed by atoms with Gasteiger partial charge in [-0.25, -0.2) is 0 Å². The van der Waals surface area contributed by atoms with E-state index in [0.717, 1.165) is 12.0 Å². The van der Waals surface area contributed by atoms with E-state index in [2.05, 4.69) is 5.32 Å². The first kappa shape index (κ1) is 18.0. The third-order valence-electron chi connectivity index (χ3n) is 3.62. The Bertz CT molecular complexity index is 701. The summed E-state index contributed by atoms with van der Waals surface area (Å²) in [6, 6.07) is 14.8. The van der Waals surface area contributed by atoms with E-state index in [-0.39, 0.29) is 24.5 Å². The molecule has 0 saturated carbocycles. The molecule has 0 unspecified atom stereocenters. The third-order valence-corrected chi connectivity index (χ3v) is 3.85. The molecule has 0 radical (unpaired) electrons. The van der Waals surface area contributed by atoms with Gasteiger partial charge in [0.25, 0.3) is 0 Å². The number of benzene rings is 2. The summed E-state index contributed by atoms with van der Waals surface area (Å²) in [5, 5.41) is 3.29. The van der Waals surface area contributed by atoms with E-state index in [4.69, 9.17) is 16.3 Å². The largest absolute Gasteiger partial charge is 0.496 e. The second-order valence-electron chi connectivity index (χ2n) is 5.35. The van der Waals surface area contributed by atoms with E-state index in [1.54, 1.807) is 18.2 Å². The average Bonchev–Trinajstić information content (AvgIpc) is 2.60. The zero-order valence-electron chi connectivity index (χ0n) is 13.5. The maximum absolute atomic E-state index is 12.3. The fourth-order valence-electron chi connectivity index (χ4n) is 2.34. The molecule has 126 valence electrons. The molecular weight excluding hydrogens is 326 g/mol. The van der Waals surface area contributed by atoms with Crippen LogP contribution in [0.3, 0.4) is 0 Å². The van der Waals surface area contributed by atoms with Gasteiger partial charge in [-0.3, -0.25) is 9.59 Å². The number of carbonyl (C=O) groups excluding carboxylic acids is 2. The van der Waals surface area contributed by atoms with Crippen LogP contribution < -0.4 is 10.1 Å². The SMILES string of the molecule is COc1ccc(Cl)cc1C(=O)CCC(=O)NCCc1ccccc1. The zero-order chi connectivity index (χ0) is 17.4. The van der Waals surface area contributed by atoms with Crippen molar-refractivity contribution in [3.63, 3.8) is 0 Å². The van der Waals surface area contributed by atoms with E-state index in [9.17, 15) is 9.59 Å². The Labute approximate surface area is 146 Å². The monoisotopic (exact) mass is 345 g/mol. The van der Waals surface area contributed by atoms with Gasteiger partial charge in [0.2, 0.25) is 5.91 Å². The van der Waals surface area contributed by atoms with Crippen LogP contribution in [0.2, 0.25) is 5.02 Å². The van der Waals surface area contributed by atoms with Crippen LogP contribution in [0.15, 0.2) is 48.5 Å². The highest BCUT2D eigenvalue weighted by Gasteiger charge is 2.14. The average molecular weight is 346 g/mol. The number of nitrogens with one attached hydrogen (secondary N) is 1. The maximum Gasteiger partial charge on any atom is 0.220 e. The molecule has 0 aliphatic rings. The van der Waals surface area contributed by atoms with Gasteiger partial charge in [-0.2, -0.15) is 0 Å². The number of Topliss-reactive ketones (excluding diaryl/α,β-unsaturated/α-hetero) is 1. The Morgan fingerprint density at radius 3 is 2.54 bits per heavy atom. The third kappa shape index (κ3) is 5.39. The molecule has 0 bridgehead atoms. The van der Waals surface area contributed by atoms with Gasteiger partial charge >= 0.3 is 0 Å². The van der Waals surface area contributed by atoms with Crippen molar-refractivity contribution in [2.45, 2.75) is 19.3 Å². The first-order valence-electron chi connectivity index (χ1n) is 7.77. The summed E-state index contributed by atoms with van der Waals surface area (Å²) in [6.07, 6.45) is 1.03. The predicted octanol–water partition coefficient (Wildman–Crippen LogP) is 3.67. The lowest BCUT2D eigenvalue weighted by Crippen LogP contribution is -2.26. The minimum absolute atomic E-state index is 0.119. The Hall–Kier alpha value is -2.33. The molecule has 0 aliphatic heterocycles. The molecule has 5 heteroatoms. The van der Waals surface area contributed by atoms with Crippen molar-refractivity contribution in [3.05, 3.63) is 64.7 Å². The van der Waals surface area contributed by atoms with Crippen molar-refractivity contribution in [1.29, 1.82) is 0 Å². The van der Waals surface area contributed by atoms with Crippen LogP contribution >= 0.6 is 11.6 Å². The first-order valence-corrected chi connectivity index (χ1v) is 8.15. The number of hydrogen-bond donors (Lipinski definition) is 1. The zero-order valence-corrected chi connectivity index (χ0v) is 14.3. The number of methoxy groups -OCH3 is 1. The van der Waals surface area contributed by atoms with Crippen LogP contribution in [0.1, 0.15) is 28.8 Å². The van der Waals surface area contributed by atoms with Gasteiger partial charge in [-0.15, -0.1) is 0 Å². The molecule has 2 aromatic carbocycles. The van der Waals surface area contributed by atoms with E-state index < -0.39 is 0 Å². The van der Waals surface area contributed by atoms with Crippen LogP contribution in [0.4, 0.5) is 0 Å². The fourth-order valence-corrected chi connectivity index (χ4v) is 2.51. The minimum atomic E-state index is -0.160. The van der Waals surface area contributed by atoms with Crippen molar-refractivity contribution >= 4 is 23.3 Å². The summed E-state index contributed by atoms with van der Waals surface area (Å²) in [7, 11) is 1.50. The number of hydrogen-bond acceptors (Lipinski definition) is 3. The van der Waals surface area contributed by atoms with Gasteiger partial charge in [0.1, 0.15) is 5.75 Å². The summed E-state index contributed by atoms with van der Waals surface area (Å²) >= 11 is 5.92. The van der Waals surface area contributed by atoms with Crippen molar-refractivity contribution < 1.29 is 14.3 Å². The first-order chi connectivity index (χ1) is 11.6. The minimum Gasteiger partial charge on any atom is -0.496 e. The second kappa shape index (κ2) is 9.08. The predicted molar refractivity (Wildman–Crippen MR) is 94.7 cm³/mol. The molecule has 24 heavy (non-hydrogen) atoms. The lowest BCUT2D eigenvalue weighted by molar-refractivity contribution is -0.121. The molecule has 1 N–H and O–H groups in total. The Morgan fingerprint density at radius 1 is 1.08 bits per heavy atom. The van der Waals surface area contributed by atoms with Crippen molar-refractivity contribution in [3.8, 4) is 5.75 Å². The molecule has 0 fully saturated rings. The molecular formula is C19H20ClNO3. The highest BCUT2D eigenvalue weighted by molar-refractivity contribution is 6.31. The van der Waals surface area contributed by atoms with Crippen LogP contribution in [0, 0.1) is 0 Å². The highest BCUT2D eigenvalue weighted by Crippen LogP contribution is 2.24. The van der Waals surface area contributed by atoms with Crippen LogP contribution in [0.5, 0.6) is 5.75 Å². The Kier molecular flexibility index (Phi) is 6.82. The van der Waals surface area contributed by atoms with Crippen molar-refractivity contribution in [2.75, 3.05) is 13.7 Å². The standard InChI is InChI=1S/C19H20ClNO3/c1-24-18-9-7-15(20)13-16(18)17(22)8-10-19(23)21-12-11-14-5-3-2-4-6-14/h2-7,9,13H,8,10-12H2,1H3,(H,21,23). The van der Waals surface area contributed by atoms with Gasteiger partial charge in [0, 0.05) is 24.4 Å². The summed E-state index contributed by atoms with van der Waals surface area (Å²) in [6.45, 7) is 0.553. The molecule has 1 amide bonds. The summed E-state index contributed by atoms with van der Waals surface area (Å²) in [5.74, 6) is 0.168. The van der Waals surface area contributed by atoms with E-state index >= 15 is 0 Å². The Morgan fingerprint density at radius 2 is 1.83 bits per heavy atom. The van der Waals surface area contributed by atoms with Gasteiger partial charge in [-0.1, -0.05) is 41.9 Å². The van der Waals surface area contributed by atoms with E-state index in [1.807, 2.05) is 30.3 Å². The molecule has 0 spiro atoms. The van der Waals surface area contributed by atoms with Crippen LogP contribution in [0.25, 0.3) is 0 Å². The number of rotatable bonds is 8. The van der Waals surface area contributed by atoms with Gasteiger partial charge in [-0.05, 0) is 30.2 Å². The molecule has 0 aliphatic carbocycles. The van der Waals surface area contributed by atoms with Gasteiger partial charge < -0.3 is 10.1 Å². The number of carbonyl (C=O) groups is 2. The van der Waals surface area contributed by atoms with Gasteiger partial charge in [0.15, 0.2) is 5.78 Å². The topological polar surface area (TPSA) is 55.4 Å². The fraction of sp³-hybridized carbons (Fsp3) is 0.263. The van der Waals surface area contributed by atoms with Crippen molar-refractivity contribution in [2.24, 2.45) is 0 Å². The molecule has 2 rings (SSSR count).